The summed E-state index contributed by atoms with van der Waals surface area (Å²) in [4.78, 5) is 20.9. The SMILES string of the molecule is CN=C(NCc1ccccc1OCC1CC1)N1CCN(CC(=O)NCCOC)CC1. The van der Waals surface area contributed by atoms with Crippen LogP contribution in [0.2, 0.25) is 0 Å². The molecule has 1 aliphatic heterocycles. The first-order chi connectivity index (χ1) is 14.7. The van der Waals surface area contributed by atoms with E-state index in [0.717, 1.165) is 56.0 Å². The van der Waals surface area contributed by atoms with E-state index in [4.69, 9.17) is 9.47 Å². The molecule has 0 radical (unpaired) electrons. The van der Waals surface area contributed by atoms with E-state index in [2.05, 4.69) is 31.5 Å². The molecule has 30 heavy (non-hydrogen) atoms. The van der Waals surface area contributed by atoms with E-state index in [-0.39, 0.29) is 5.91 Å². The Morgan fingerprint density at radius 2 is 1.93 bits per heavy atom. The summed E-state index contributed by atoms with van der Waals surface area (Å²) in [5.74, 6) is 2.62. The van der Waals surface area contributed by atoms with Gasteiger partial charge in [-0.25, -0.2) is 0 Å². The Balaban J connectivity index is 1.42. The van der Waals surface area contributed by atoms with Crippen molar-refractivity contribution in [1.29, 1.82) is 0 Å². The Morgan fingerprint density at radius 3 is 2.63 bits per heavy atom. The standard InChI is InChI=1S/C22H35N5O3/c1-23-22(25-15-19-5-3-4-6-20(19)30-17-18-7-8-18)27-12-10-26(11-13-27)16-21(28)24-9-14-29-2/h3-6,18H,7-17H2,1-2H3,(H,23,25)(H,24,28). The maximum Gasteiger partial charge on any atom is 0.234 e. The highest BCUT2D eigenvalue weighted by molar-refractivity contribution is 5.80. The van der Waals surface area contributed by atoms with Crippen LogP contribution in [0.3, 0.4) is 0 Å². The molecule has 1 aromatic rings. The van der Waals surface area contributed by atoms with E-state index in [1.54, 1.807) is 7.11 Å². The predicted molar refractivity (Wildman–Crippen MR) is 118 cm³/mol. The van der Waals surface area contributed by atoms with Gasteiger partial charge in [-0.3, -0.25) is 14.7 Å². The van der Waals surface area contributed by atoms with Crippen LogP contribution in [0.5, 0.6) is 5.75 Å². The zero-order valence-electron chi connectivity index (χ0n) is 18.2. The first-order valence-electron chi connectivity index (χ1n) is 10.8. The summed E-state index contributed by atoms with van der Waals surface area (Å²) in [6, 6.07) is 8.20. The summed E-state index contributed by atoms with van der Waals surface area (Å²) in [5.41, 5.74) is 1.14. The largest absolute Gasteiger partial charge is 0.493 e. The van der Waals surface area contributed by atoms with Gasteiger partial charge in [-0.05, 0) is 24.8 Å². The van der Waals surface area contributed by atoms with Crippen LogP contribution in [0, 0.1) is 5.92 Å². The van der Waals surface area contributed by atoms with Gasteiger partial charge >= 0.3 is 0 Å². The highest BCUT2D eigenvalue weighted by Gasteiger charge is 2.23. The number of guanidine groups is 1. The Morgan fingerprint density at radius 1 is 1.17 bits per heavy atom. The number of nitrogens with zero attached hydrogens (tertiary/aromatic N) is 3. The van der Waals surface area contributed by atoms with Crippen LogP contribution in [-0.4, -0.2) is 88.3 Å². The van der Waals surface area contributed by atoms with Crippen molar-refractivity contribution < 1.29 is 14.3 Å². The maximum atomic E-state index is 12.0. The van der Waals surface area contributed by atoms with Crippen LogP contribution >= 0.6 is 0 Å². The highest BCUT2D eigenvalue weighted by atomic mass is 16.5. The molecule has 0 unspecified atom stereocenters. The van der Waals surface area contributed by atoms with Crippen LogP contribution < -0.4 is 15.4 Å². The molecule has 0 aromatic heterocycles. The third-order valence-electron chi connectivity index (χ3n) is 5.46. The quantitative estimate of drug-likeness (QED) is 0.335. The summed E-state index contributed by atoms with van der Waals surface area (Å²) in [7, 11) is 3.44. The molecule has 0 atom stereocenters. The van der Waals surface area contributed by atoms with Crippen LogP contribution in [0.25, 0.3) is 0 Å². The molecule has 8 heteroatoms. The number of carbonyl (C=O) groups is 1. The number of amides is 1. The molecule has 1 heterocycles. The molecule has 1 amide bonds. The van der Waals surface area contributed by atoms with Crippen LogP contribution in [0.4, 0.5) is 0 Å². The zero-order valence-corrected chi connectivity index (χ0v) is 18.2. The summed E-state index contributed by atoms with van der Waals surface area (Å²) >= 11 is 0. The van der Waals surface area contributed by atoms with Gasteiger partial charge in [-0.15, -0.1) is 0 Å². The predicted octanol–water partition coefficient (Wildman–Crippen LogP) is 0.931. The molecule has 0 bridgehead atoms. The number of para-hydroxylation sites is 1. The van der Waals surface area contributed by atoms with Crippen molar-refractivity contribution in [2.45, 2.75) is 19.4 Å². The van der Waals surface area contributed by atoms with E-state index in [9.17, 15) is 4.79 Å². The van der Waals surface area contributed by atoms with Gasteiger partial charge in [0.15, 0.2) is 5.96 Å². The molecule has 1 saturated carbocycles. The van der Waals surface area contributed by atoms with Crippen molar-refractivity contribution >= 4 is 11.9 Å². The number of piperazine rings is 1. The zero-order chi connectivity index (χ0) is 21.2. The van der Waals surface area contributed by atoms with Gasteiger partial charge in [-0.1, -0.05) is 18.2 Å². The van der Waals surface area contributed by atoms with Crippen LogP contribution in [0.15, 0.2) is 29.3 Å². The summed E-state index contributed by atoms with van der Waals surface area (Å²) in [6.07, 6.45) is 2.57. The number of ether oxygens (including phenoxy) is 2. The number of aliphatic imine (C=N–C) groups is 1. The number of carbonyl (C=O) groups excluding carboxylic acids is 1. The molecule has 1 aromatic carbocycles. The fourth-order valence-electron chi connectivity index (χ4n) is 3.46. The van der Waals surface area contributed by atoms with Gasteiger partial charge < -0.3 is 25.0 Å². The molecule has 1 saturated heterocycles. The van der Waals surface area contributed by atoms with Gasteiger partial charge in [0, 0.05) is 59.0 Å². The smallest absolute Gasteiger partial charge is 0.234 e. The van der Waals surface area contributed by atoms with Gasteiger partial charge in [-0.2, -0.15) is 0 Å². The normalized spacial score (nSPS) is 17.7. The van der Waals surface area contributed by atoms with Crippen molar-refractivity contribution in [2.24, 2.45) is 10.9 Å². The Kier molecular flexibility index (Phi) is 8.77. The Bertz CT molecular complexity index is 700. The summed E-state index contributed by atoms with van der Waals surface area (Å²) in [6.45, 7) is 6.35. The average molecular weight is 418 g/mol. The number of hydrogen-bond acceptors (Lipinski definition) is 5. The lowest BCUT2D eigenvalue weighted by molar-refractivity contribution is -0.122. The van der Waals surface area contributed by atoms with E-state index in [0.29, 0.717) is 26.2 Å². The number of hydrogen-bond donors (Lipinski definition) is 2. The molecule has 1 aliphatic carbocycles. The molecule has 0 spiro atoms. The number of rotatable bonds is 10. The van der Waals surface area contributed by atoms with E-state index >= 15 is 0 Å². The van der Waals surface area contributed by atoms with Crippen LogP contribution in [-0.2, 0) is 16.1 Å². The first-order valence-corrected chi connectivity index (χ1v) is 10.8. The van der Waals surface area contributed by atoms with Gasteiger partial charge in [0.25, 0.3) is 0 Å². The number of methoxy groups -OCH3 is 1. The fraction of sp³-hybridized carbons (Fsp3) is 0.636. The Labute approximate surface area is 179 Å². The molecule has 2 aliphatic rings. The maximum absolute atomic E-state index is 12.0. The lowest BCUT2D eigenvalue weighted by Crippen LogP contribution is -2.54. The summed E-state index contributed by atoms with van der Waals surface area (Å²) < 4.78 is 11.0. The molecule has 2 N–H and O–H groups in total. The molecular formula is C22H35N5O3. The minimum absolute atomic E-state index is 0.0470. The minimum atomic E-state index is 0.0470. The molecular weight excluding hydrogens is 382 g/mol. The van der Waals surface area contributed by atoms with Crippen molar-refractivity contribution in [3.05, 3.63) is 29.8 Å². The monoisotopic (exact) mass is 417 g/mol. The number of benzene rings is 1. The molecule has 3 rings (SSSR count). The number of nitrogens with one attached hydrogen (secondary N) is 2. The lowest BCUT2D eigenvalue weighted by atomic mass is 10.2. The molecule has 8 nitrogen and oxygen atoms in total. The topological polar surface area (TPSA) is 78.4 Å². The Hall–Kier alpha value is -2.32. The van der Waals surface area contributed by atoms with Gasteiger partial charge in [0.1, 0.15) is 5.75 Å². The average Bonchev–Trinajstić information content (AvgIpc) is 3.59. The van der Waals surface area contributed by atoms with Gasteiger partial charge in [0.2, 0.25) is 5.91 Å². The lowest BCUT2D eigenvalue weighted by Gasteiger charge is -2.36. The first kappa shape index (κ1) is 22.4. The highest BCUT2D eigenvalue weighted by Crippen LogP contribution is 2.30. The second-order valence-electron chi connectivity index (χ2n) is 7.87. The third-order valence-corrected chi connectivity index (χ3v) is 5.46. The second kappa shape index (κ2) is 11.8. The van der Waals surface area contributed by atoms with Gasteiger partial charge in [0.05, 0.1) is 19.8 Å². The van der Waals surface area contributed by atoms with Crippen molar-refractivity contribution in [1.82, 2.24) is 20.4 Å². The molecule has 2 fully saturated rings. The van der Waals surface area contributed by atoms with Crippen molar-refractivity contribution in [3.63, 3.8) is 0 Å². The van der Waals surface area contributed by atoms with E-state index in [1.165, 1.54) is 12.8 Å². The van der Waals surface area contributed by atoms with Crippen molar-refractivity contribution in [3.8, 4) is 5.75 Å². The molecule has 166 valence electrons. The summed E-state index contributed by atoms with van der Waals surface area (Å²) in [5, 5.41) is 6.35. The van der Waals surface area contributed by atoms with Crippen LogP contribution in [0.1, 0.15) is 18.4 Å². The minimum Gasteiger partial charge on any atom is -0.493 e. The van der Waals surface area contributed by atoms with E-state index in [1.807, 2.05) is 25.2 Å². The third kappa shape index (κ3) is 7.18. The van der Waals surface area contributed by atoms with E-state index < -0.39 is 0 Å². The fourth-order valence-corrected chi connectivity index (χ4v) is 3.46. The van der Waals surface area contributed by atoms with Crippen molar-refractivity contribution in [2.75, 3.05) is 66.6 Å². The second-order valence-corrected chi connectivity index (χ2v) is 7.87.